The number of fused-ring (bicyclic) bond motifs is 3. The molecule has 0 bridgehead atoms. The Balaban J connectivity index is 1.94. The van der Waals surface area contributed by atoms with Crippen molar-refractivity contribution in [1.29, 1.82) is 0 Å². The maximum Gasteiger partial charge on any atom is 0.268 e. The molecule has 5 nitrogen and oxygen atoms in total. The fraction of sp³-hybridized carbons (Fsp3) is 0.400. The minimum absolute atomic E-state index is 0.00521. The Morgan fingerprint density at radius 2 is 2.07 bits per heavy atom. The number of halogens is 1. The zero-order valence-electron chi connectivity index (χ0n) is 15.8. The minimum Gasteiger partial charge on any atom is -0.355 e. The van der Waals surface area contributed by atoms with E-state index in [2.05, 4.69) is 26.2 Å². The summed E-state index contributed by atoms with van der Waals surface area (Å²) in [7, 11) is 2.20. The molecule has 7 heteroatoms. The Labute approximate surface area is 167 Å². The molecule has 1 aliphatic heterocycles. The van der Waals surface area contributed by atoms with Crippen LogP contribution >= 0.6 is 22.9 Å². The van der Waals surface area contributed by atoms with Gasteiger partial charge in [-0.2, -0.15) is 0 Å². The number of likely N-dealkylation sites (N-methyl/N-ethyl adjacent to an activating group) is 1. The first-order valence-corrected chi connectivity index (χ1v) is 10.5. The van der Waals surface area contributed by atoms with Crippen molar-refractivity contribution in [2.75, 3.05) is 25.5 Å². The molecule has 0 fully saturated rings. The molecule has 3 heterocycles. The molecule has 142 valence electrons. The lowest BCUT2D eigenvalue weighted by atomic mass is 10.1. The largest absolute Gasteiger partial charge is 0.355 e. The van der Waals surface area contributed by atoms with E-state index >= 15 is 0 Å². The number of rotatable bonds is 4. The fourth-order valence-corrected chi connectivity index (χ4v) is 4.95. The van der Waals surface area contributed by atoms with Crippen molar-refractivity contribution >= 4 is 39.1 Å². The van der Waals surface area contributed by atoms with Crippen LogP contribution < -0.4 is 15.8 Å². The van der Waals surface area contributed by atoms with Gasteiger partial charge in [0, 0.05) is 18.0 Å². The number of nitrogens with zero attached hydrogens (tertiary/aromatic N) is 2. The molecule has 2 N–H and O–H groups in total. The van der Waals surface area contributed by atoms with Crippen LogP contribution in [0.4, 0.5) is 5.95 Å². The van der Waals surface area contributed by atoms with Gasteiger partial charge in [-0.3, -0.25) is 4.79 Å². The van der Waals surface area contributed by atoms with Gasteiger partial charge in [0.15, 0.2) is 0 Å². The van der Waals surface area contributed by atoms with Crippen LogP contribution in [0, 0.1) is 5.92 Å². The van der Waals surface area contributed by atoms with Crippen LogP contribution in [-0.4, -0.2) is 29.7 Å². The summed E-state index contributed by atoms with van der Waals surface area (Å²) >= 11 is 7.71. The number of benzene rings is 1. The monoisotopic (exact) mass is 403 g/mol. The van der Waals surface area contributed by atoms with Gasteiger partial charge in [-0.05, 0) is 35.7 Å². The van der Waals surface area contributed by atoms with E-state index in [0.29, 0.717) is 16.9 Å². The normalized spacial score (nSPS) is 16.7. The average Bonchev–Trinajstić information content (AvgIpc) is 2.98. The molecule has 4 rings (SSSR count). The third-order valence-corrected chi connectivity index (χ3v) is 6.30. The lowest BCUT2D eigenvalue weighted by Crippen LogP contribution is -3.08. The van der Waals surface area contributed by atoms with Gasteiger partial charge >= 0.3 is 0 Å². The van der Waals surface area contributed by atoms with Gasteiger partial charge in [-0.1, -0.05) is 25.4 Å². The van der Waals surface area contributed by atoms with Crippen LogP contribution in [0.5, 0.6) is 0 Å². The second-order valence-corrected chi connectivity index (χ2v) is 9.17. The van der Waals surface area contributed by atoms with E-state index in [1.165, 1.54) is 15.3 Å². The summed E-state index contributed by atoms with van der Waals surface area (Å²) in [5.41, 5.74) is 1.98. The van der Waals surface area contributed by atoms with Gasteiger partial charge in [0.05, 0.1) is 29.5 Å². The first-order chi connectivity index (χ1) is 12.9. The lowest BCUT2D eigenvalue weighted by Gasteiger charge is -2.19. The molecule has 0 saturated carbocycles. The Kier molecular flexibility index (Phi) is 4.97. The predicted octanol–water partition coefficient (Wildman–Crippen LogP) is 2.74. The van der Waals surface area contributed by atoms with E-state index < -0.39 is 0 Å². The van der Waals surface area contributed by atoms with Crippen LogP contribution in [-0.2, 0) is 13.0 Å². The number of hydrogen-bond acceptors (Lipinski definition) is 4. The summed E-state index contributed by atoms with van der Waals surface area (Å²) in [4.78, 5) is 22.0. The molecular weight excluding hydrogens is 380 g/mol. The summed E-state index contributed by atoms with van der Waals surface area (Å²) in [6, 6.07) is 7.35. The molecule has 1 aromatic carbocycles. The summed E-state index contributed by atoms with van der Waals surface area (Å²) in [6.45, 7) is 7.04. The topological polar surface area (TPSA) is 51.4 Å². The van der Waals surface area contributed by atoms with Crippen LogP contribution in [0.2, 0.25) is 5.02 Å². The van der Waals surface area contributed by atoms with Crippen molar-refractivity contribution in [2.45, 2.75) is 26.8 Å². The highest BCUT2D eigenvalue weighted by Crippen LogP contribution is 2.30. The van der Waals surface area contributed by atoms with E-state index in [1.54, 1.807) is 28.0 Å². The first-order valence-electron chi connectivity index (χ1n) is 9.32. The molecule has 0 saturated heterocycles. The van der Waals surface area contributed by atoms with E-state index in [0.717, 1.165) is 42.0 Å². The number of hydrogen-bond donors (Lipinski definition) is 2. The molecule has 1 unspecified atom stereocenters. The van der Waals surface area contributed by atoms with Crippen LogP contribution in [0.15, 0.2) is 29.1 Å². The van der Waals surface area contributed by atoms with E-state index in [-0.39, 0.29) is 5.56 Å². The molecule has 0 spiro atoms. The van der Waals surface area contributed by atoms with Crippen molar-refractivity contribution in [3.05, 3.63) is 50.1 Å². The highest BCUT2D eigenvalue weighted by Gasteiger charge is 2.26. The molecular formula is C20H24ClN4OS+. The van der Waals surface area contributed by atoms with Crippen LogP contribution in [0.1, 0.15) is 24.3 Å². The Hall–Kier alpha value is -1.89. The quantitative estimate of drug-likeness (QED) is 0.704. The predicted molar refractivity (Wildman–Crippen MR) is 113 cm³/mol. The third-order valence-electron chi connectivity index (χ3n) is 4.93. The maximum absolute atomic E-state index is 13.5. The van der Waals surface area contributed by atoms with Gasteiger partial charge in [0.1, 0.15) is 11.4 Å². The van der Waals surface area contributed by atoms with Gasteiger partial charge in [0.2, 0.25) is 5.95 Å². The Morgan fingerprint density at radius 1 is 1.33 bits per heavy atom. The van der Waals surface area contributed by atoms with Crippen molar-refractivity contribution < 1.29 is 4.90 Å². The van der Waals surface area contributed by atoms with Gasteiger partial charge in [-0.25, -0.2) is 9.55 Å². The Morgan fingerprint density at radius 3 is 2.78 bits per heavy atom. The molecule has 2 aromatic heterocycles. The van der Waals surface area contributed by atoms with Crippen molar-refractivity contribution in [3.8, 4) is 5.69 Å². The van der Waals surface area contributed by atoms with Gasteiger partial charge < -0.3 is 10.2 Å². The highest BCUT2D eigenvalue weighted by atomic mass is 35.5. The number of nitrogens with one attached hydrogen (secondary N) is 2. The SMILES string of the molecule is CC(C)CNc1nc2sc3c(c2c(=O)n1-c1ccc(Cl)cc1)CC[NH+](C)C3. The summed E-state index contributed by atoms with van der Waals surface area (Å²) in [6.07, 6.45) is 0.928. The summed E-state index contributed by atoms with van der Waals surface area (Å²) in [5.74, 6) is 1.05. The van der Waals surface area contributed by atoms with Crippen molar-refractivity contribution in [3.63, 3.8) is 0 Å². The average molecular weight is 404 g/mol. The zero-order chi connectivity index (χ0) is 19.1. The lowest BCUT2D eigenvalue weighted by molar-refractivity contribution is -0.895. The summed E-state index contributed by atoms with van der Waals surface area (Å²) in [5, 5.41) is 4.80. The highest BCUT2D eigenvalue weighted by molar-refractivity contribution is 7.18. The number of thiophene rings is 1. The number of aromatic nitrogens is 2. The van der Waals surface area contributed by atoms with E-state index in [4.69, 9.17) is 16.6 Å². The van der Waals surface area contributed by atoms with E-state index in [9.17, 15) is 4.79 Å². The fourth-order valence-electron chi connectivity index (χ4n) is 3.50. The van der Waals surface area contributed by atoms with Gasteiger partial charge in [0.25, 0.3) is 5.56 Å². The molecule has 1 atom stereocenters. The zero-order valence-corrected chi connectivity index (χ0v) is 17.4. The molecule has 3 aromatic rings. The Bertz CT molecular complexity index is 1040. The molecule has 0 amide bonds. The van der Waals surface area contributed by atoms with Crippen LogP contribution in [0.25, 0.3) is 15.9 Å². The number of anilines is 1. The number of quaternary nitrogens is 1. The van der Waals surface area contributed by atoms with E-state index in [1.807, 2.05) is 12.1 Å². The minimum atomic E-state index is 0.00521. The first kappa shape index (κ1) is 18.5. The second kappa shape index (κ2) is 7.26. The molecule has 0 radical (unpaired) electrons. The molecule has 1 aliphatic rings. The second-order valence-electron chi connectivity index (χ2n) is 7.64. The van der Waals surface area contributed by atoms with Gasteiger partial charge in [-0.15, -0.1) is 11.3 Å². The van der Waals surface area contributed by atoms with Crippen molar-refractivity contribution in [2.24, 2.45) is 5.92 Å². The summed E-state index contributed by atoms with van der Waals surface area (Å²) < 4.78 is 1.69. The molecule has 27 heavy (non-hydrogen) atoms. The molecule has 0 aliphatic carbocycles. The van der Waals surface area contributed by atoms with Crippen molar-refractivity contribution in [1.82, 2.24) is 9.55 Å². The third kappa shape index (κ3) is 3.49. The standard InChI is InChI=1S/C20H23ClN4OS/c1-12(2)10-22-20-23-18-17(15-8-9-24(3)11-16(15)27-18)19(26)25(20)14-6-4-13(21)5-7-14/h4-7,12H,8-11H2,1-3H3,(H,22,23)/p+1. The smallest absolute Gasteiger partial charge is 0.268 e. The van der Waals surface area contributed by atoms with Crippen LogP contribution in [0.3, 0.4) is 0 Å². The maximum atomic E-state index is 13.5.